The number of halogens is 1. The van der Waals surface area contributed by atoms with Crippen molar-refractivity contribution >= 4 is 33.3 Å². The van der Waals surface area contributed by atoms with Gasteiger partial charge in [0.05, 0.1) is 16.3 Å². The first-order valence-corrected chi connectivity index (χ1v) is 9.89. The van der Waals surface area contributed by atoms with Crippen molar-refractivity contribution in [3.05, 3.63) is 70.6 Å². The molecule has 0 bridgehead atoms. The smallest absolute Gasteiger partial charge is 0.261 e. The van der Waals surface area contributed by atoms with Crippen LogP contribution in [0, 0.1) is 12.7 Å². The van der Waals surface area contributed by atoms with E-state index in [0.29, 0.717) is 11.4 Å². The lowest BCUT2D eigenvalue weighted by molar-refractivity contribution is 0.0955. The molecular weight excluding hydrogens is 389 g/mol. The standard InChI is InChI=1S/C21H20FN5OS/c1-13-17-11-18(20(28)24-12-14-8-9-23-19(10-14)26(2)3)29-21(17)27(25-13)16-6-4-15(22)5-7-16/h4-11H,12H2,1-3H3,(H,24,28). The van der Waals surface area contributed by atoms with Crippen molar-refractivity contribution in [1.29, 1.82) is 0 Å². The highest BCUT2D eigenvalue weighted by atomic mass is 32.1. The van der Waals surface area contributed by atoms with Crippen molar-refractivity contribution < 1.29 is 9.18 Å². The average molecular weight is 409 g/mol. The fraction of sp³-hybridized carbons (Fsp3) is 0.190. The number of amides is 1. The molecule has 29 heavy (non-hydrogen) atoms. The molecule has 1 aromatic carbocycles. The summed E-state index contributed by atoms with van der Waals surface area (Å²) >= 11 is 1.37. The Balaban J connectivity index is 1.56. The summed E-state index contributed by atoms with van der Waals surface area (Å²) in [6.45, 7) is 2.32. The van der Waals surface area contributed by atoms with Gasteiger partial charge in [-0.05, 0) is 55.0 Å². The molecule has 0 fully saturated rings. The van der Waals surface area contributed by atoms with Gasteiger partial charge in [-0.1, -0.05) is 0 Å². The number of aryl methyl sites for hydroxylation is 1. The van der Waals surface area contributed by atoms with Gasteiger partial charge in [-0.15, -0.1) is 11.3 Å². The molecule has 0 saturated carbocycles. The van der Waals surface area contributed by atoms with E-state index in [0.717, 1.165) is 33.0 Å². The van der Waals surface area contributed by atoms with Gasteiger partial charge in [0.15, 0.2) is 0 Å². The van der Waals surface area contributed by atoms with Crippen LogP contribution in [0.25, 0.3) is 15.9 Å². The first-order chi connectivity index (χ1) is 13.9. The Morgan fingerprint density at radius 3 is 2.69 bits per heavy atom. The zero-order chi connectivity index (χ0) is 20.5. The van der Waals surface area contributed by atoms with Crippen LogP contribution in [-0.2, 0) is 6.54 Å². The Hall–Kier alpha value is -3.26. The minimum atomic E-state index is -0.298. The molecule has 3 heterocycles. The largest absolute Gasteiger partial charge is 0.363 e. The number of carbonyl (C=O) groups is 1. The van der Waals surface area contributed by atoms with E-state index in [1.54, 1.807) is 23.0 Å². The van der Waals surface area contributed by atoms with Crippen LogP contribution in [0.4, 0.5) is 10.2 Å². The third-order valence-corrected chi connectivity index (χ3v) is 5.67. The molecule has 3 aromatic heterocycles. The van der Waals surface area contributed by atoms with E-state index in [-0.39, 0.29) is 11.7 Å². The molecule has 4 aromatic rings. The van der Waals surface area contributed by atoms with Gasteiger partial charge < -0.3 is 10.2 Å². The van der Waals surface area contributed by atoms with Crippen LogP contribution in [0.3, 0.4) is 0 Å². The van der Waals surface area contributed by atoms with Crippen molar-refractivity contribution in [2.45, 2.75) is 13.5 Å². The van der Waals surface area contributed by atoms with Crippen molar-refractivity contribution in [2.24, 2.45) is 0 Å². The molecule has 0 aliphatic rings. The lowest BCUT2D eigenvalue weighted by Crippen LogP contribution is -2.22. The number of fused-ring (bicyclic) bond motifs is 1. The van der Waals surface area contributed by atoms with Gasteiger partial charge in [0.2, 0.25) is 0 Å². The third kappa shape index (κ3) is 3.84. The highest BCUT2D eigenvalue weighted by molar-refractivity contribution is 7.20. The second-order valence-corrected chi connectivity index (χ2v) is 7.93. The molecule has 0 atom stereocenters. The van der Waals surface area contributed by atoms with Gasteiger partial charge in [0.25, 0.3) is 5.91 Å². The van der Waals surface area contributed by atoms with Crippen LogP contribution in [0.1, 0.15) is 20.9 Å². The van der Waals surface area contributed by atoms with E-state index in [1.165, 1.54) is 23.5 Å². The van der Waals surface area contributed by atoms with Crippen molar-refractivity contribution in [1.82, 2.24) is 20.1 Å². The van der Waals surface area contributed by atoms with Gasteiger partial charge in [0.1, 0.15) is 16.5 Å². The number of benzene rings is 1. The first-order valence-electron chi connectivity index (χ1n) is 9.08. The first kappa shape index (κ1) is 19.1. The molecule has 0 aliphatic carbocycles. The minimum absolute atomic E-state index is 0.139. The fourth-order valence-corrected chi connectivity index (χ4v) is 4.10. The number of thiophene rings is 1. The van der Waals surface area contributed by atoms with Crippen LogP contribution in [-0.4, -0.2) is 34.8 Å². The topological polar surface area (TPSA) is 63.1 Å². The van der Waals surface area contributed by atoms with Crippen LogP contribution in [0.2, 0.25) is 0 Å². The number of nitrogens with zero attached hydrogens (tertiary/aromatic N) is 4. The molecule has 1 N–H and O–H groups in total. The highest BCUT2D eigenvalue weighted by Crippen LogP contribution is 2.30. The summed E-state index contributed by atoms with van der Waals surface area (Å²) in [6, 6.07) is 11.8. The molecule has 6 nitrogen and oxygen atoms in total. The van der Waals surface area contributed by atoms with Gasteiger partial charge in [-0.25, -0.2) is 14.1 Å². The number of hydrogen-bond donors (Lipinski definition) is 1. The summed E-state index contributed by atoms with van der Waals surface area (Å²) in [7, 11) is 3.85. The molecule has 0 saturated heterocycles. The van der Waals surface area contributed by atoms with Crippen LogP contribution < -0.4 is 10.2 Å². The fourth-order valence-electron chi connectivity index (χ4n) is 3.00. The van der Waals surface area contributed by atoms with Crippen molar-refractivity contribution in [3.8, 4) is 5.69 Å². The summed E-state index contributed by atoms with van der Waals surface area (Å²) in [5.74, 6) is 0.404. The normalized spacial score (nSPS) is 11.0. The Bertz CT molecular complexity index is 1180. The maximum absolute atomic E-state index is 13.2. The minimum Gasteiger partial charge on any atom is -0.363 e. The van der Waals surface area contributed by atoms with E-state index in [2.05, 4.69) is 15.4 Å². The van der Waals surface area contributed by atoms with Gasteiger partial charge in [-0.3, -0.25) is 4.79 Å². The lowest BCUT2D eigenvalue weighted by atomic mass is 10.2. The molecule has 148 valence electrons. The maximum atomic E-state index is 13.2. The summed E-state index contributed by atoms with van der Waals surface area (Å²) in [4.78, 5) is 20.4. The van der Waals surface area contributed by atoms with Crippen LogP contribution in [0.5, 0.6) is 0 Å². The molecule has 0 unspecified atom stereocenters. The number of carbonyl (C=O) groups excluding carboxylic acids is 1. The summed E-state index contributed by atoms with van der Waals surface area (Å²) in [5, 5.41) is 8.42. The monoisotopic (exact) mass is 409 g/mol. The van der Waals surface area contributed by atoms with Gasteiger partial charge in [0, 0.05) is 32.2 Å². The zero-order valence-corrected chi connectivity index (χ0v) is 17.1. The Labute approximate surface area is 171 Å². The Morgan fingerprint density at radius 1 is 1.21 bits per heavy atom. The number of pyridine rings is 1. The van der Waals surface area contributed by atoms with Crippen molar-refractivity contribution in [3.63, 3.8) is 0 Å². The predicted octanol–water partition coefficient (Wildman–Crippen LogP) is 3.93. The molecule has 0 spiro atoms. The molecule has 0 aliphatic heterocycles. The van der Waals surface area contributed by atoms with Crippen LogP contribution in [0.15, 0.2) is 48.7 Å². The van der Waals surface area contributed by atoms with Crippen LogP contribution >= 0.6 is 11.3 Å². The van der Waals surface area contributed by atoms with Gasteiger partial charge in [-0.2, -0.15) is 5.10 Å². The second kappa shape index (κ2) is 7.63. The van der Waals surface area contributed by atoms with E-state index >= 15 is 0 Å². The van der Waals surface area contributed by atoms with Crippen molar-refractivity contribution in [2.75, 3.05) is 19.0 Å². The SMILES string of the molecule is Cc1nn(-c2ccc(F)cc2)c2sc(C(=O)NCc3ccnc(N(C)C)c3)cc12. The summed E-state index contributed by atoms with van der Waals surface area (Å²) in [5.41, 5.74) is 2.56. The molecule has 1 amide bonds. The van der Waals surface area contributed by atoms with E-state index in [1.807, 2.05) is 44.1 Å². The second-order valence-electron chi connectivity index (χ2n) is 6.90. The molecule has 8 heteroatoms. The zero-order valence-electron chi connectivity index (χ0n) is 16.3. The van der Waals surface area contributed by atoms with Gasteiger partial charge >= 0.3 is 0 Å². The number of aromatic nitrogens is 3. The number of rotatable bonds is 5. The third-order valence-electron chi connectivity index (χ3n) is 4.56. The average Bonchev–Trinajstić information content (AvgIpc) is 3.28. The van der Waals surface area contributed by atoms with E-state index in [4.69, 9.17) is 0 Å². The Kier molecular flexibility index (Phi) is 5.02. The Morgan fingerprint density at radius 2 is 1.97 bits per heavy atom. The molecular formula is C21H20FN5OS. The summed E-state index contributed by atoms with van der Waals surface area (Å²) in [6.07, 6.45) is 1.73. The molecule has 0 radical (unpaired) electrons. The summed E-state index contributed by atoms with van der Waals surface area (Å²) < 4.78 is 15.0. The number of hydrogen-bond acceptors (Lipinski definition) is 5. The highest BCUT2D eigenvalue weighted by Gasteiger charge is 2.17. The number of anilines is 1. The van der Waals surface area contributed by atoms with E-state index in [9.17, 15) is 9.18 Å². The predicted molar refractivity (Wildman–Crippen MR) is 113 cm³/mol. The quantitative estimate of drug-likeness (QED) is 0.543. The molecule has 4 rings (SSSR count). The number of nitrogens with one attached hydrogen (secondary N) is 1. The maximum Gasteiger partial charge on any atom is 0.261 e. The van der Waals surface area contributed by atoms with E-state index < -0.39 is 0 Å². The lowest BCUT2D eigenvalue weighted by Gasteiger charge is -2.12.